The SMILES string of the molecule is Cc1cc(C)n(C2CN(C(=O)NCCc3nc4ccccc4s3)C2)n1. The summed E-state index contributed by atoms with van der Waals surface area (Å²) in [4.78, 5) is 18.6. The highest BCUT2D eigenvalue weighted by Crippen LogP contribution is 2.23. The van der Waals surface area contributed by atoms with Crippen LogP contribution in [-0.2, 0) is 6.42 Å². The first-order valence-corrected chi connectivity index (χ1v) is 9.32. The van der Waals surface area contributed by atoms with Crippen molar-refractivity contribution in [1.29, 1.82) is 0 Å². The number of likely N-dealkylation sites (tertiary alicyclic amines) is 1. The predicted molar refractivity (Wildman–Crippen MR) is 99.0 cm³/mol. The van der Waals surface area contributed by atoms with Gasteiger partial charge in [-0.25, -0.2) is 9.78 Å². The molecule has 3 heterocycles. The van der Waals surface area contributed by atoms with Crippen molar-refractivity contribution in [1.82, 2.24) is 25.0 Å². The standard InChI is InChI=1S/C18H21N5OS/c1-12-9-13(2)23(21-12)14-10-22(11-14)18(24)19-8-7-17-20-15-5-3-4-6-16(15)25-17/h3-6,9,14H,7-8,10-11H2,1-2H3,(H,19,24). The highest BCUT2D eigenvalue weighted by Gasteiger charge is 2.33. The van der Waals surface area contributed by atoms with Gasteiger partial charge in [0.2, 0.25) is 0 Å². The Kier molecular flexibility index (Phi) is 4.17. The van der Waals surface area contributed by atoms with Gasteiger partial charge in [0.1, 0.15) is 0 Å². The fraction of sp³-hybridized carbons (Fsp3) is 0.389. The molecule has 6 nitrogen and oxygen atoms in total. The molecule has 0 unspecified atom stereocenters. The lowest BCUT2D eigenvalue weighted by Crippen LogP contribution is -2.54. The quantitative estimate of drug-likeness (QED) is 0.783. The summed E-state index contributed by atoms with van der Waals surface area (Å²) in [5.74, 6) is 0. The average molecular weight is 355 g/mol. The second-order valence-electron chi connectivity index (χ2n) is 6.49. The zero-order chi connectivity index (χ0) is 17.4. The molecule has 1 saturated heterocycles. The Morgan fingerprint density at radius 1 is 1.32 bits per heavy atom. The maximum atomic E-state index is 12.2. The fourth-order valence-electron chi connectivity index (χ4n) is 3.21. The van der Waals surface area contributed by atoms with Crippen molar-refractivity contribution in [3.63, 3.8) is 0 Å². The first-order valence-electron chi connectivity index (χ1n) is 8.50. The Morgan fingerprint density at radius 3 is 2.84 bits per heavy atom. The van der Waals surface area contributed by atoms with Crippen molar-refractivity contribution < 1.29 is 4.79 Å². The van der Waals surface area contributed by atoms with Gasteiger partial charge in [0.05, 0.1) is 27.0 Å². The molecular formula is C18H21N5OS. The van der Waals surface area contributed by atoms with E-state index < -0.39 is 0 Å². The van der Waals surface area contributed by atoms with Gasteiger partial charge in [-0.1, -0.05) is 12.1 Å². The van der Waals surface area contributed by atoms with Crippen LogP contribution < -0.4 is 5.32 Å². The molecular weight excluding hydrogens is 334 g/mol. The normalized spacial score (nSPS) is 14.7. The topological polar surface area (TPSA) is 63.1 Å². The van der Waals surface area contributed by atoms with Gasteiger partial charge in [-0.3, -0.25) is 4.68 Å². The second kappa shape index (κ2) is 6.48. The van der Waals surface area contributed by atoms with Gasteiger partial charge < -0.3 is 10.2 Å². The molecule has 1 fully saturated rings. The van der Waals surface area contributed by atoms with Crippen molar-refractivity contribution in [2.75, 3.05) is 19.6 Å². The summed E-state index contributed by atoms with van der Waals surface area (Å²) in [5.41, 5.74) is 3.21. The maximum Gasteiger partial charge on any atom is 0.317 e. The smallest absolute Gasteiger partial charge is 0.317 e. The van der Waals surface area contributed by atoms with Gasteiger partial charge in [0, 0.05) is 31.7 Å². The van der Waals surface area contributed by atoms with Crippen LogP contribution in [0.2, 0.25) is 0 Å². The molecule has 0 atom stereocenters. The third kappa shape index (κ3) is 3.24. The number of aromatic nitrogens is 3. The highest BCUT2D eigenvalue weighted by molar-refractivity contribution is 7.18. The molecule has 1 aromatic carbocycles. The summed E-state index contributed by atoms with van der Waals surface area (Å²) in [6.45, 7) is 6.10. The number of benzene rings is 1. The first-order chi connectivity index (χ1) is 12.1. The molecule has 0 bridgehead atoms. The number of urea groups is 1. The Bertz CT molecular complexity index is 876. The Labute approximate surface area is 150 Å². The molecule has 1 aliphatic rings. The van der Waals surface area contributed by atoms with E-state index >= 15 is 0 Å². The minimum atomic E-state index is -0.00103. The number of aryl methyl sites for hydroxylation is 2. The van der Waals surface area contributed by atoms with Gasteiger partial charge in [-0.2, -0.15) is 5.10 Å². The van der Waals surface area contributed by atoms with Crippen LogP contribution in [-0.4, -0.2) is 45.3 Å². The van der Waals surface area contributed by atoms with Crippen LogP contribution >= 0.6 is 11.3 Å². The van der Waals surface area contributed by atoms with E-state index in [0.29, 0.717) is 12.6 Å². The number of amides is 2. The second-order valence-corrected chi connectivity index (χ2v) is 7.60. The van der Waals surface area contributed by atoms with E-state index in [2.05, 4.69) is 34.5 Å². The third-order valence-corrected chi connectivity index (χ3v) is 5.59. The van der Waals surface area contributed by atoms with Crippen LogP contribution in [0.1, 0.15) is 22.4 Å². The monoisotopic (exact) mass is 355 g/mol. The molecule has 0 saturated carbocycles. The molecule has 4 rings (SSSR count). The molecule has 7 heteroatoms. The summed E-state index contributed by atoms with van der Waals surface area (Å²) >= 11 is 1.69. The molecule has 0 spiro atoms. The van der Waals surface area contributed by atoms with Gasteiger partial charge in [-0.15, -0.1) is 11.3 Å². The van der Waals surface area contributed by atoms with Crippen LogP contribution in [0.25, 0.3) is 10.2 Å². The van der Waals surface area contributed by atoms with Crippen LogP contribution in [0.5, 0.6) is 0 Å². The van der Waals surface area contributed by atoms with E-state index in [1.54, 1.807) is 11.3 Å². The molecule has 2 aromatic heterocycles. The lowest BCUT2D eigenvalue weighted by molar-refractivity contribution is 0.117. The number of hydrogen-bond acceptors (Lipinski definition) is 4. The molecule has 2 amide bonds. The number of nitrogens with one attached hydrogen (secondary N) is 1. The largest absolute Gasteiger partial charge is 0.338 e. The zero-order valence-corrected chi connectivity index (χ0v) is 15.2. The van der Waals surface area contributed by atoms with E-state index in [9.17, 15) is 4.79 Å². The van der Waals surface area contributed by atoms with E-state index in [1.165, 1.54) is 4.70 Å². The summed E-state index contributed by atoms with van der Waals surface area (Å²) in [6, 6.07) is 10.5. The fourth-order valence-corrected chi connectivity index (χ4v) is 4.17. The van der Waals surface area contributed by atoms with E-state index in [0.717, 1.165) is 41.4 Å². The number of rotatable bonds is 4. The third-order valence-electron chi connectivity index (χ3n) is 4.49. The number of thiazole rings is 1. The number of para-hydroxylation sites is 1. The van der Waals surface area contributed by atoms with Crippen molar-refractivity contribution in [3.05, 3.63) is 46.7 Å². The van der Waals surface area contributed by atoms with Crippen LogP contribution in [0.15, 0.2) is 30.3 Å². The summed E-state index contributed by atoms with van der Waals surface area (Å²) in [6.07, 6.45) is 0.764. The van der Waals surface area contributed by atoms with E-state index in [4.69, 9.17) is 0 Å². The van der Waals surface area contributed by atoms with E-state index in [1.807, 2.05) is 34.7 Å². The number of hydrogen-bond donors (Lipinski definition) is 1. The van der Waals surface area contributed by atoms with Crippen molar-refractivity contribution >= 4 is 27.6 Å². The van der Waals surface area contributed by atoms with Crippen molar-refractivity contribution in [3.8, 4) is 0 Å². The lowest BCUT2D eigenvalue weighted by atomic mass is 10.1. The highest BCUT2D eigenvalue weighted by atomic mass is 32.1. The molecule has 0 aliphatic carbocycles. The summed E-state index contributed by atoms with van der Waals surface area (Å²) in [5, 5.41) is 8.55. The molecule has 1 aliphatic heterocycles. The lowest BCUT2D eigenvalue weighted by Gasteiger charge is -2.39. The molecule has 1 N–H and O–H groups in total. The maximum absolute atomic E-state index is 12.2. The van der Waals surface area contributed by atoms with E-state index in [-0.39, 0.29) is 6.03 Å². The molecule has 0 radical (unpaired) electrons. The van der Waals surface area contributed by atoms with Crippen molar-refractivity contribution in [2.45, 2.75) is 26.3 Å². The van der Waals surface area contributed by atoms with Crippen LogP contribution in [0, 0.1) is 13.8 Å². The van der Waals surface area contributed by atoms with Gasteiger partial charge >= 0.3 is 6.03 Å². The predicted octanol–water partition coefficient (Wildman–Crippen LogP) is 2.92. The Balaban J connectivity index is 1.25. The van der Waals surface area contributed by atoms with Gasteiger partial charge in [0.15, 0.2) is 0 Å². The Hall–Kier alpha value is -2.41. The molecule has 25 heavy (non-hydrogen) atoms. The number of nitrogens with zero attached hydrogens (tertiary/aromatic N) is 4. The number of carbonyl (C=O) groups is 1. The first kappa shape index (κ1) is 16.1. The molecule has 3 aromatic rings. The van der Waals surface area contributed by atoms with Crippen LogP contribution in [0.4, 0.5) is 4.79 Å². The summed E-state index contributed by atoms with van der Waals surface area (Å²) in [7, 11) is 0. The summed E-state index contributed by atoms with van der Waals surface area (Å²) < 4.78 is 3.22. The minimum absolute atomic E-state index is 0.00103. The Morgan fingerprint density at radius 2 is 2.12 bits per heavy atom. The zero-order valence-electron chi connectivity index (χ0n) is 14.4. The number of fused-ring (bicyclic) bond motifs is 1. The number of carbonyl (C=O) groups excluding carboxylic acids is 1. The van der Waals surface area contributed by atoms with Crippen LogP contribution in [0.3, 0.4) is 0 Å². The minimum Gasteiger partial charge on any atom is -0.338 e. The average Bonchev–Trinajstić information content (AvgIpc) is 3.08. The molecule has 130 valence electrons. The van der Waals surface area contributed by atoms with Gasteiger partial charge in [0.25, 0.3) is 0 Å². The van der Waals surface area contributed by atoms with Gasteiger partial charge in [-0.05, 0) is 32.0 Å². The van der Waals surface area contributed by atoms with Crippen molar-refractivity contribution in [2.24, 2.45) is 0 Å².